The van der Waals surface area contributed by atoms with Gasteiger partial charge in [0.1, 0.15) is 11.5 Å². The fourth-order valence-electron chi connectivity index (χ4n) is 3.49. The number of allylic oxidation sites excluding steroid dienone is 1. The van der Waals surface area contributed by atoms with Crippen molar-refractivity contribution >= 4 is 56.8 Å². The van der Waals surface area contributed by atoms with Gasteiger partial charge in [0, 0.05) is 0 Å². The van der Waals surface area contributed by atoms with Crippen LogP contribution in [0.1, 0.15) is 11.5 Å². The fraction of sp³-hybridized carbons (Fsp3) is 0.136. The number of hydrogen-bond acceptors (Lipinski definition) is 7. The quantitative estimate of drug-likeness (QED) is 0.329. The molecule has 1 aliphatic rings. The van der Waals surface area contributed by atoms with Gasteiger partial charge < -0.3 is 15.2 Å². The van der Waals surface area contributed by atoms with Crippen molar-refractivity contribution in [3.63, 3.8) is 0 Å². The van der Waals surface area contributed by atoms with Crippen LogP contribution in [0, 0.1) is 17.1 Å². The van der Waals surface area contributed by atoms with Gasteiger partial charge in [-0.15, -0.1) is 0 Å². The van der Waals surface area contributed by atoms with Crippen molar-refractivity contribution < 1.29 is 23.5 Å². The van der Waals surface area contributed by atoms with E-state index in [4.69, 9.17) is 38.4 Å². The molecule has 2 aromatic rings. The summed E-state index contributed by atoms with van der Waals surface area (Å²) < 4.78 is 24.1. The Balaban J connectivity index is 2.49. The molecule has 33 heavy (non-hydrogen) atoms. The first kappa shape index (κ1) is 24.6. The van der Waals surface area contributed by atoms with Crippen LogP contribution in [0.2, 0.25) is 10.0 Å². The molecule has 0 aliphatic carbocycles. The number of nitriles is 1. The molecule has 0 saturated carbocycles. The van der Waals surface area contributed by atoms with Gasteiger partial charge in [-0.2, -0.15) is 5.26 Å². The molecule has 0 spiro atoms. The van der Waals surface area contributed by atoms with E-state index in [9.17, 15) is 19.2 Å². The Hall–Kier alpha value is -3.06. The fourth-order valence-corrected chi connectivity index (χ4v) is 4.40. The second-order valence-electron chi connectivity index (χ2n) is 6.65. The smallest absolute Gasteiger partial charge is 0.355 e. The summed E-state index contributed by atoms with van der Waals surface area (Å²) in [5, 5.41) is 9.24. The molecular formula is C22H15BrCl2FN3O4. The largest absolute Gasteiger partial charge is 0.466 e. The van der Waals surface area contributed by atoms with Gasteiger partial charge in [-0.25, -0.2) is 14.0 Å². The number of carbonyl (C=O) groups excluding carboxylic acids is 2. The first-order valence-corrected chi connectivity index (χ1v) is 10.7. The van der Waals surface area contributed by atoms with Crippen LogP contribution >= 0.6 is 39.1 Å². The zero-order chi connectivity index (χ0) is 24.4. The number of carbonyl (C=O) groups is 2. The summed E-state index contributed by atoms with van der Waals surface area (Å²) in [7, 11) is 2.24. The van der Waals surface area contributed by atoms with Crippen LogP contribution in [-0.2, 0) is 19.1 Å². The number of halogens is 4. The normalized spacial score (nSPS) is 15.9. The van der Waals surface area contributed by atoms with Crippen LogP contribution in [0.5, 0.6) is 0 Å². The van der Waals surface area contributed by atoms with Gasteiger partial charge in [0.25, 0.3) is 0 Å². The molecule has 0 aromatic heterocycles. The summed E-state index contributed by atoms with van der Waals surface area (Å²) in [6.45, 7) is 0. The molecule has 0 amide bonds. The molecule has 2 aromatic carbocycles. The lowest BCUT2D eigenvalue weighted by Gasteiger charge is -2.36. The molecule has 1 heterocycles. The van der Waals surface area contributed by atoms with E-state index in [2.05, 4.69) is 15.9 Å². The van der Waals surface area contributed by atoms with E-state index >= 15 is 0 Å². The molecule has 1 atom stereocenters. The highest BCUT2D eigenvalue weighted by Gasteiger charge is 2.43. The lowest BCUT2D eigenvalue weighted by atomic mass is 9.81. The summed E-state index contributed by atoms with van der Waals surface area (Å²) in [5.74, 6) is -4.02. The number of nitrogens with two attached hydrogens (primary N) is 1. The van der Waals surface area contributed by atoms with Crippen molar-refractivity contribution in [2.24, 2.45) is 5.73 Å². The molecule has 0 saturated heterocycles. The minimum Gasteiger partial charge on any atom is -0.466 e. The first-order chi connectivity index (χ1) is 15.7. The van der Waals surface area contributed by atoms with Crippen LogP contribution in [0.4, 0.5) is 10.1 Å². The third-order valence-electron chi connectivity index (χ3n) is 4.93. The molecule has 2 N–H and O–H groups in total. The van der Waals surface area contributed by atoms with Crippen molar-refractivity contribution in [2.75, 3.05) is 19.1 Å². The summed E-state index contributed by atoms with van der Waals surface area (Å²) >= 11 is 15.2. The second kappa shape index (κ2) is 9.83. The van der Waals surface area contributed by atoms with E-state index in [0.29, 0.717) is 5.56 Å². The topological polar surface area (TPSA) is 106 Å². The van der Waals surface area contributed by atoms with Crippen molar-refractivity contribution in [1.29, 1.82) is 5.26 Å². The number of methoxy groups -OCH3 is 2. The zero-order valence-corrected chi connectivity index (χ0v) is 20.3. The molecule has 0 radical (unpaired) electrons. The van der Waals surface area contributed by atoms with Gasteiger partial charge in [0.2, 0.25) is 0 Å². The van der Waals surface area contributed by atoms with Crippen LogP contribution < -0.4 is 10.6 Å². The number of nitrogens with zero attached hydrogens (tertiary/aromatic N) is 2. The molecule has 3 rings (SSSR count). The Bertz CT molecular complexity index is 1260. The average molecular weight is 555 g/mol. The Kier molecular flexibility index (Phi) is 7.32. The summed E-state index contributed by atoms with van der Waals surface area (Å²) in [5.41, 5.74) is 6.29. The number of benzene rings is 2. The minimum absolute atomic E-state index is 0.00460. The molecule has 0 bridgehead atoms. The van der Waals surface area contributed by atoms with E-state index in [1.807, 2.05) is 6.07 Å². The van der Waals surface area contributed by atoms with Crippen molar-refractivity contribution in [1.82, 2.24) is 0 Å². The van der Waals surface area contributed by atoms with Gasteiger partial charge in [-0.3, -0.25) is 4.90 Å². The lowest BCUT2D eigenvalue weighted by Crippen LogP contribution is -2.41. The van der Waals surface area contributed by atoms with E-state index < -0.39 is 28.7 Å². The average Bonchev–Trinajstić information content (AvgIpc) is 2.83. The van der Waals surface area contributed by atoms with Crippen LogP contribution in [0.15, 0.2) is 63.5 Å². The number of hydrogen-bond donors (Lipinski definition) is 1. The first-order valence-electron chi connectivity index (χ1n) is 9.18. The van der Waals surface area contributed by atoms with Gasteiger partial charge in [-0.05, 0) is 27.6 Å². The molecule has 1 unspecified atom stereocenters. The van der Waals surface area contributed by atoms with Crippen LogP contribution in [0.3, 0.4) is 0 Å². The van der Waals surface area contributed by atoms with Crippen molar-refractivity contribution in [3.05, 3.63) is 85.0 Å². The van der Waals surface area contributed by atoms with Crippen molar-refractivity contribution in [3.8, 4) is 6.07 Å². The van der Waals surface area contributed by atoms with E-state index in [1.54, 1.807) is 30.3 Å². The van der Waals surface area contributed by atoms with Crippen LogP contribution in [-0.4, -0.2) is 26.2 Å². The lowest BCUT2D eigenvalue weighted by molar-refractivity contribution is -0.139. The highest BCUT2D eigenvalue weighted by atomic mass is 79.9. The maximum atomic E-state index is 14.3. The van der Waals surface area contributed by atoms with E-state index in [-0.39, 0.29) is 37.8 Å². The maximum Gasteiger partial charge on any atom is 0.355 e. The Labute approximate surface area is 206 Å². The SMILES string of the molecule is COC(=O)C1=C(C(=O)OC)N(c2cc(Cl)c(F)c(Cl)c2Br)C(N)=C(C#N)C1c1ccccc1. The standard InChI is InChI=1S/C22H15BrCl2FN3O4/c1-32-21(30)15-14(10-6-4-3-5-7-10)11(9-27)20(28)29(19(15)22(31)33-2)13-8-12(24)18(26)17(25)16(13)23/h3-8,14H,28H2,1-2H3. The van der Waals surface area contributed by atoms with Crippen molar-refractivity contribution in [2.45, 2.75) is 5.92 Å². The van der Waals surface area contributed by atoms with E-state index in [1.165, 1.54) is 0 Å². The van der Waals surface area contributed by atoms with Gasteiger partial charge in [0.05, 0.1) is 57.6 Å². The monoisotopic (exact) mass is 553 g/mol. The highest BCUT2D eigenvalue weighted by Crippen LogP contribution is 2.47. The number of anilines is 1. The Morgan fingerprint density at radius 1 is 1.18 bits per heavy atom. The predicted molar refractivity (Wildman–Crippen MR) is 124 cm³/mol. The molecule has 11 heteroatoms. The zero-order valence-electron chi connectivity index (χ0n) is 17.2. The Morgan fingerprint density at radius 3 is 2.33 bits per heavy atom. The van der Waals surface area contributed by atoms with Crippen LogP contribution in [0.25, 0.3) is 0 Å². The van der Waals surface area contributed by atoms with E-state index in [0.717, 1.165) is 25.2 Å². The number of rotatable bonds is 4. The third-order valence-corrected chi connectivity index (χ3v) is 6.60. The number of esters is 2. The Morgan fingerprint density at radius 2 is 1.79 bits per heavy atom. The molecule has 1 aliphatic heterocycles. The van der Waals surface area contributed by atoms with Gasteiger partial charge >= 0.3 is 11.9 Å². The van der Waals surface area contributed by atoms with Gasteiger partial charge in [-0.1, -0.05) is 53.5 Å². The maximum absolute atomic E-state index is 14.3. The molecule has 7 nitrogen and oxygen atoms in total. The minimum atomic E-state index is -1.04. The summed E-state index contributed by atoms with van der Waals surface area (Å²) in [6, 6.07) is 11.7. The molecule has 170 valence electrons. The molecule has 0 fully saturated rings. The second-order valence-corrected chi connectivity index (χ2v) is 8.23. The summed E-state index contributed by atoms with van der Waals surface area (Å²) in [6.07, 6.45) is 0. The van der Waals surface area contributed by atoms with Gasteiger partial charge in [0.15, 0.2) is 5.82 Å². The number of ether oxygens (including phenoxy) is 2. The highest BCUT2D eigenvalue weighted by molar-refractivity contribution is 9.10. The molecular weight excluding hydrogens is 540 g/mol. The predicted octanol–water partition coefficient (Wildman–Crippen LogP) is 4.79. The third kappa shape index (κ3) is 4.17. The summed E-state index contributed by atoms with van der Waals surface area (Å²) in [4.78, 5) is 27.1.